The molecule has 2 aliphatic rings. The second-order valence-corrected chi connectivity index (χ2v) is 10.8. The first-order chi connectivity index (χ1) is 17.6. The molecule has 0 bridgehead atoms. The maximum absolute atomic E-state index is 6.57. The summed E-state index contributed by atoms with van der Waals surface area (Å²) in [4.78, 5) is 3.71. The summed E-state index contributed by atoms with van der Waals surface area (Å²) in [6, 6.07) is 21.7. The van der Waals surface area contributed by atoms with Crippen LogP contribution in [0, 0.1) is 5.41 Å². The first kappa shape index (κ1) is 23.0. The van der Waals surface area contributed by atoms with Crippen molar-refractivity contribution in [2.45, 2.75) is 51.4 Å². The van der Waals surface area contributed by atoms with Gasteiger partial charge >= 0.3 is 0 Å². The molecule has 0 radical (unpaired) electrons. The minimum Gasteiger partial charge on any atom is -0.497 e. The smallest absolute Gasteiger partial charge is 0.124 e. The fourth-order valence-corrected chi connectivity index (χ4v) is 6.43. The zero-order valence-corrected chi connectivity index (χ0v) is 21.5. The van der Waals surface area contributed by atoms with Crippen LogP contribution in [0.5, 0.6) is 17.2 Å². The highest BCUT2D eigenvalue weighted by Gasteiger charge is 2.37. The molecular weight excluding hydrogens is 446 g/mol. The summed E-state index contributed by atoms with van der Waals surface area (Å²) >= 11 is 0. The highest BCUT2D eigenvalue weighted by Crippen LogP contribution is 2.44. The van der Waals surface area contributed by atoms with Crippen molar-refractivity contribution in [3.8, 4) is 17.2 Å². The number of aromatic amines is 1. The van der Waals surface area contributed by atoms with Crippen molar-refractivity contribution in [2.24, 2.45) is 5.41 Å². The second kappa shape index (κ2) is 9.24. The third-order valence-corrected chi connectivity index (χ3v) is 8.23. The largest absolute Gasteiger partial charge is 0.497 e. The summed E-state index contributed by atoms with van der Waals surface area (Å²) in [6.45, 7) is 3.07. The average molecular weight is 482 g/mol. The van der Waals surface area contributed by atoms with Crippen molar-refractivity contribution in [2.75, 3.05) is 20.8 Å². The minimum atomic E-state index is -0.0359. The number of H-pyrrole nitrogens is 1. The van der Waals surface area contributed by atoms with Crippen LogP contribution in [0.3, 0.4) is 0 Å². The van der Waals surface area contributed by atoms with Crippen LogP contribution >= 0.6 is 0 Å². The Bertz CT molecular complexity index is 1320. The van der Waals surface area contributed by atoms with Crippen LogP contribution in [-0.2, 0) is 25.7 Å². The van der Waals surface area contributed by atoms with Gasteiger partial charge in [-0.3, -0.25) is 0 Å². The molecule has 1 N–H and O–H groups in total. The number of hydrogen-bond donors (Lipinski definition) is 1. The van der Waals surface area contributed by atoms with Gasteiger partial charge < -0.3 is 19.2 Å². The molecule has 3 aromatic carbocycles. The zero-order chi connectivity index (χ0) is 24.7. The van der Waals surface area contributed by atoms with E-state index in [9.17, 15) is 0 Å². The Kier molecular flexibility index (Phi) is 5.91. The molecule has 4 nitrogen and oxygen atoms in total. The van der Waals surface area contributed by atoms with E-state index in [2.05, 4.69) is 72.6 Å². The van der Waals surface area contributed by atoms with E-state index >= 15 is 0 Å². The lowest BCUT2D eigenvalue weighted by Gasteiger charge is -2.39. The highest BCUT2D eigenvalue weighted by molar-refractivity contribution is 5.88. The van der Waals surface area contributed by atoms with Crippen molar-refractivity contribution in [1.82, 2.24) is 4.98 Å². The molecule has 186 valence electrons. The van der Waals surface area contributed by atoms with Gasteiger partial charge in [0.1, 0.15) is 17.2 Å². The Morgan fingerprint density at radius 3 is 2.17 bits per heavy atom. The molecule has 4 aromatic rings. The topological polar surface area (TPSA) is 43.5 Å². The van der Waals surface area contributed by atoms with Crippen molar-refractivity contribution >= 4 is 10.9 Å². The summed E-state index contributed by atoms with van der Waals surface area (Å²) in [5, 5.41) is 1.39. The Labute approximate surface area is 213 Å². The van der Waals surface area contributed by atoms with Gasteiger partial charge in [-0.05, 0) is 97.0 Å². The molecule has 1 aliphatic carbocycles. The summed E-state index contributed by atoms with van der Waals surface area (Å²) < 4.78 is 17.4. The summed E-state index contributed by atoms with van der Waals surface area (Å²) in [6.07, 6.45) is 6.57. The van der Waals surface area contributed by atoms with E-state index in [0.717, 1.165) is 42.9 Å². The number of rotatable bonds is 6. The van der Waals surface area contributed by atoms with Gasteiger partial charge in [-0.1, -0.05) is 31.2 Å². The maximum atomic E-state index is 6.57. The van der Waals surface area contributed by atoms with E-state index in [1.165, 1.54) is 51.7 Å². The lowest BCUT2D eigenvalue weighted by atomic mass is 9.71. The molecule has 36 heavy (non-hydrogen) atoms. The first-order valence-corrected chi connectivity index (χ1v) is 13.1. The molecule has 1 aliphatic heterocycles. The molecule has 0 saturated carbocycles. The molecule has 6 rings (SSSR count). The van der Waals surface area contributed by atoms with Crippen molar-refractivity contribution in [3.05, 3.63) is 88.6 Å². The van der Waals surface area contributed by atoms with Crippen LogP contribution in [-0.4, -0.2) is 25.8 Å². The number of aryl methyl sites for hydroxylation is 1. The fourth-order valence-electron chi connectivity index (χ4n) is 6.43. The van der Waals surface area contributed by atoms with Crippen molar-refractivity contribution < 1.29 is 14.2 Å². The monoisotopic (exact) mass is 481 g/mol. The van der Waals surface area contributed by atoms with E-state index in [1.807, 2.05) is 0 Å². The van der Waals surface area contributed by atoms with E-state index < -0.39 is 0 Å². The van der Waals surface area contributed by atoms with Gasteiger partial charge in [-0.2, -0.15) is 0 Å². The lowest BCUT2D eigenvalue weighted by Crippen LogP contribution is -2.39. The van der Waals surface area contributed by atoms with Crippen LogP contribution in [0.2, 0.25) is 0 Å². The quantitative estimate of drug-likeness (QED) is 0.321. The Balaban J connectivity index is 1.38. The van der Waals surface area contributed by atoms with Gasteiger partial charge in [0.05, 0.1) is 20.8 Å². The molecular formula is C32H35NO3. The van der Waals surface area contributed by atoms with Crippen LogP contribution in [0.15, 0.2) is 60.7 Å². The lowest BCUT2D eigenvalue weighted by molar-refractivity contribution is 0.119. The van der Waals surface area contributed by atoms with E-state index in [0.29, 0.717) is 12.5 Å². The van der Waals surface area contributed by atoms with Crippen LogP contribution in [0.25, 0.3) is 10.9 Å². The predicted molar refractivity (Wildman–Crippen MR) is 145 cm³/mol. The number of benzene rings is 3. The zero-order valence-electron chi connectivity index (χ0n) is 21.5. The van der Waals surface area contributed by atoms with E-state index in [-0.39, 0.29) is 5.41 Å². The van der Waals surface area contributed by atoms with Crippen molar-refractivity contribution in [1.29, 1.82) is 0 Å². The first-order valence-electron chi connectivity index (χ1n) is 13.1. The number of nitrogens with one attached hydrogen (secondary N) is 1. The predicted octanol–water partition coefficient (Wildman–Crippen LogP) is 7.03. The molecule has 0 fully saturated rings. The van der Waals surface area contributed by atoms with Gasteiger partial charge in [-0.15, -0.1) is 0 Å². The molecule has 1 unspecified atom stereocenters. The Hall–Kier alpha value is -3.40. The number of aromatic nitrogens is 1. The van der Waals surface area contributed by atoms with E-state index in [4.69, 9.17) is 14.2 Å². The number of methoxy groups -OCH3 is 2. The molecule has 0 saturated heterocycles. The number of fused-ring (bicyclic) bond motifs is 4. The van der Waals surface area contributed by atoms with Gasteiger partial charge in [0.2, 0.25) is 0 Å². The summed E-state index contributed by atoms with van der Waals surface area (Å²) in [5.74, 6) is 3.42. The number of hydrogen-bond acceptors (Lipinski definition) is 3. The standard InChI is InChI=1S/C32H35NO3/c1-21-5-4-6-28-31(21)27-15-24-19-32(20-36-30(24)16-29(27)33-28,17-22-7-11-25(34-2)12-8-22)18-23-9-13-26(35-3)14-10-23/h7-16,21,33H,4-6,17-20H2,1-3H3. The average Bonchev–Trinajstić information content (AvgIpc) is 3.27. The third kappa shape index (κ3) is 4.23. The van der Waals surface area contributed by atoms with Gasteiger partial charge in [0.25, 0.3) is 0 Å². The molecule has 2 heterocycles. The van der Waals surface area contributed by atoms with Gasteiger partial charge in [-0.25, -0.2) is 0 Å². The molecule has 0 amide bonds. The third-order valence-electron chi connectivity index (χ3n) is 8.23. The molecule has 4 heteroatoms. The highest BCUT2D eigenvalue weighted by atomic mass is 16.5. The van der Waals surface area contributed by atoms with Gasteiger partial charge in [0, 0.05) is 28.1 Å². The van der Waals surface area contributed by atoms with Crippen molar-refractivity contribution in [3.63, 3.8) is 0 Å². The SMILES string of the molecule is COc1ccc(CC2(Cc3ccc(OC)cc3)COc3cc4[nH]c5c(c4cc3C2)C(C)CCC5)cc1. The summed E-state index contributed by atoms with van der Waals surface area (Å²) in [5.41, 5.74) is 8.09. The van der Waals surface area contributed by atoms with Crippen LogP contribution in [0.4, 0.5) is 0 Å². The van der Waals surface area contributed by atoms with E-state index in [1.54, 1.807) is 14.2 Å². The maximum Gasteiger partial charge on any atom is 0.124 e. The van der Waals surface area contributed by atoms with Gasteiger partial charge in [0.15, 0.2) is 0 Å². The molecule has 0 spiro atoms. The van der Waals surface area contributed by atoms with Crippen LogP contribution in [0.1, 0.15) is 53.6 Å². The minimum absolute atomic E-state index is 0.0359. The Morgan fingerprint density at radius 2 is 1.56 bits per heavy atom. The molecule has 1 aromatic heterocycles. The normalized spacial score (nSPS) is 18.2. The summed E-state index contributed by atoms with van der Waals surface area (Å²) in [7, 11) is 3.43. The second-order valence-electron chi connectivity index (χ2n) is 10.8. The Morgan fingerprint density at radius 1 is 0.917 bits per heavy atom. The number of ether oxygens (including phenoxy) is 3. The fraction of sp³-hybridized carbons (Fsp3) is 0.375. The van der Waals surface area contributed by atoms with Crippen LogP contribution < -0.4 is 14.2 Å². The molecule has 1 atom stereocenters.